The molecule has 2 heteroatoms. The molecule has 2 nitrogen and oxygen atoms in total. The molecule has 0 saturated heterocycles. The molecule has 3 rings (SSSR count). The summed E-state index contributed by atoms with van der Waals surface area (Å²) in [5.74, 6) is 0.820. The number of hydrogen-bond acceptors (Lipinski definition) is 2. The van der Waals surface area contributed by atoms with Crippen molar-refractivity contribution < 1.29 is 9.53 Å². The number of fused-ring (bicyclic) bond motifs is 1. The molecule has 1 fully saturated rings. The van der Waals surface area contributed by atoms with Crippen molar-refractivity contribution in [3.63, 3.8) is 0 Å². The van der Waals surface area contributed by atoms with E-state index in [9.17, 15) is 4.79 Å². The van der Waals surface area contributed by atoms with Crippen molar-refractivity contribution >= 4 is 5.78 Å². The van der Waals surface area contributed by atoms with Gasteiger partial charge in [0.05, 0.1) is 6.61 Å². The van der Waals surface area contributed by atoms with Crippen molar-refractivity contribution in [2.75, 3.05) is 13.2 Å². The van der Waals surface area contributed by atoms with E-state index in [1.165, 1.54) is 49.7 Å². The maximum atomic E-state index is 12.1. The third-order valence-corrected chi connectivity index (χ3v) is 4.48. The molecule has 0 N–H and O–H groups in total. The molecular formula is C17H22O2. The highest BCUT2D eigenvalue weighted by Crippen LogP contribution is 2.25. The van der Waals surface area contributed by atoms with E-state index in [0.717, 1.165) is 18.6 Å². The van der Waals surface area contributed by atoms with Crippen molar-refractivity contribution in [1.29, 1.82) is 0 Å². The van der Waals surface area contributed by atoms with E-state index in [0.29, 0.717) is 5.92 Å². The summed E-state index contributed by atoms with van der Waals surface area (Å²) in [5, 5.41) is 0. The summed E-state index contributed by atoms with van der Waals surface area (Å²) >= 11 is 0. The van der Waals surface area contributed by atoms with Gasteiger partial charge in [0.15, 0.2) is 5.78 Å². The van der Waals surface area contributed by atoms with Gasteiger partial charge in [-0.25, -0.2) is 0 Å². The van der Waals surface area contributed by atoms with Crippen LogP contribution in [-0.4, -0.2) is 19.0 Å². The lowest BCUT2D eigenvalue weighted by Gasteiger charge is -2.09. The molecule has 19 heavy (non-hydrogen) atoms. The Bertz CT molecular complexity index is 458. The van der Waals surface area contributed by atoms with Crippen molar-refractivity contribution in [2.45, 2.75) is 44.9 Å². The van der Waals surface area contributed by atoms with Crippen LogP contribution in [0.15, 0.2) is 18.2 Å². The summed E-state index contributed by atoms with van der Waals surface area (Å²) in [4.78, 5) is 12.1. The second-order valence-corrected chi connectivity index (χ2v) is 5.93. The van der Waals surface area contributed by atoms with Gasteiger partial charge in [-0.2, -0.15) is 0 Å². The lowest BCUT2D eigenvalue weighted by molar-refractivity contribution is 0.0681. The highest BCUT2D eigenvalue weighted by Gasteiger charge is 2.17. The Hall–Kier alpha value is -1.15. The minimum Gasteiger partial charge on any atom is -0.373 e. The van der Waals surface area contributed by atoms with Gasteiger partial charge >= 0.3 is 0 Å². The summed E-state index contributed by atoms with van der Waals surface area (Å²) in [6.07, 6.45) is 8.71. The van der Waals surface area contributed by atoms with E-state index in [-0.39, 0.29) is 12.4 Å². The van der Waals surface area contributed by atoms with Crippen molar-refractivity contribution in [2.24, 2.45) is 5.92 Å². The molecule has 0 atom stereocenters. The molecule has 0 aliphatic heterocycles. The molecular weight excluding hydrogens is 236 g/mol. The summed E-state index contributed by atoms with van der Waals surface area (Å²) in [6.45, 7) is 1.01. The smallest absolute Gasteiger partial charge is 0.188 e. The first-order valence-electron chi connectivity index (χ1n) is 7.55. The van der Waals surface area contributed by atoms with E-state index in [1.54, 1.807) is 0 Å². The van der Waals surface area contributed by atoms with E-state index < -0.39 is 0 Å². The van der Waals surface area contributed by atoms with E-state index in [2.05, 4.69) is 12.1 Å². The second kappa shape index (κ2) is 5.87. The summed E-state index contributed by atoms with van der Waals surface area (Å²) in [5.41, 5.74) is 3.61. The Balaban J connectivity index is 1.52. The number of aryl methyl sites for hydroxylation is 2. The molecule has 0 spiro atoms. The van der Waals surface area contributed by atoms with Gasteiger partial charge in [0.2, 0.25) is 0 Å². The molecule has 0 radical (unpaired) electrons. The van der Waals surface area contributed by atoms with Crippen LogP contribution in [0, 0.1) is 5.92 Å². The molecule has 0 bridgehead atoms. The third kappa shape index (κ3) is 3.06. The third-order valence-electron chi connectivity index (χ3n) is 4.48. The van der Waals surface area contributed by atoms with Crippen molar-refractivity contribution in [1.82, 2.24) is 0 Å². The molecule has 102 valence electrons. The number of Topliss-reactive ketones (excluding diaryl/α,β-unsaturated/α-hetero) is 1. The predicted molar refractivity (Wildman–Crippen MR) is 75.6 cm³/mol. The molecule has 0 unspecified atom stereocenters. The van der Waals surface area contributed by atoms with Crippen LogP contribution in [0.2, 0.25) is 0 Å². The molecule has 1 aromatic rings. The van der Waals surface area contributed by atoms with Crippen molar-refractivity contribution in [3.8, 4) is 0 Å². The predicted octanol–water partition coefficient (Wildman–Crippen LogP) is 3.56. The zero-order chi connectivity index (χ0) is 13.1. The summed E-state index contributed by atoms with van der Waals surface area (Å²) in [7, 11) is 0. The summed E-state index contributed by atoms with van der Waals surface area (Å²) in [6, 6.07) is 6.15. The summed E-state index contributed by atoms with van der Waals surface area (Å²) < 4.78 is 5.60. The zero-order valence-electron chi connectivity index (χ0n) is 11.5. The fourth-order valence-corrected chi connectivity index (χ4v) is 3.32. The number of benzene rings is 1. The van der Waals surface area contributed by atoms with Crippen LogP contribution >= 0.6 is 0 Å². The van der Waals surface area contributed by atoms with Gasteiger partial charge in [-0.15, -0.1) is 0 Å². The average molecular weight is 258 g/mol. The maximum absolute atomic E-state index is 12.1. The fourth-order valence-electron chi connectivity index (χ4n) is 3.32. The fraction of sp³-hybridized carbons (Fsp3) is 0.588. The SMILES string of the molecule is O=C(COCC1CCCC1)c1ccc2c(c1)CCC2. The first kappa shape index (κ1) is 12.9. The Labute approximate surface area is 115 Å². The molecule has 1 saturated carbocycles. The maximum Gasteiger partial charge on any atom is 0.188 e. The molecule has 2 aliphatic rings. The highest BCUT2D eigenvalue weighted by atomic mass is 16.5. The Morgan fingerprint density at radius 1 is 1.11 bits per heavy atom. The number of carbonyl (C=O) groups excluding carboxylic acids is 1. The van der Waals surface area contributed by atoms with Gasteiger partial charge in [0, 0.05) is 5.56 Å². The van der Waals surface area contributed by atoms with Crippen LogP contribution in [0.3, 0.4) is 0 Å². The Morgan fingerprint density at radius 3 is 2.74 bits per heavy atom. The molecule has 0 aromatic heterocycles. The zero-order valence-corrected chi connectivity index (χ0v) is 11.5. The quantitative estimate of drug-likeness (QED) is 0.755. The molecule has 1 aromatic carbocycles. The van der Waals surface area contributed by atoms with Crippen LogP contribution in [0.4, 0.5) is 0 Å². The number of hydrogen-bond donors (Lipinski definition) is 0. The monoisotopic (exact) mass is 258 g/mol. The molecule has 0 heterocycles. The first-order valence-corrected chi connectivity index (χ1v) is 7.55. The average Bonchev–Trinajstić information content (AvgIpc) is 3.08. The number of ketones is 1. The van der Waals surface area contributed by atoms with Crippen LogP contribution in [-0.2, 0) is 17.6 Å². The standard InChI is InChI=1S/C17H22O2/c18-17(12-19-11-13-4-1-2-5-13)16-9-8-14-6-3-7-15(14)10-16/h8-10,13H,1-7,11-12H2. The lowest BCUT2D eigenvalue weighted by Crippen LogP contribution is -2.13. The van der Waals surface area contributed by atoms with Gasteiger partial charge in [-0.05, 0) is 55.2 Å². The van der Waals surface area contributed by atoms with Gasteiger partial charge < -0.3 is 4.74 Å². The highest BCUT2D eigenvalue weighted by molar-refractivity contribution is 5.97. The second-order valence-electron chi connectivity index (χ2n) is 5.93. The van der Waals surface area contributed by atoms with Crippen LogP contribution in [0.5, 0.6) is 0 Å². The minimum absolute atomic E-state index is 0.132. The lowest BCUT2D eigenvalue weighted by atomic mass is 10.0. The number of ether oxygens (including phenoxy) is 1. The number of carbonyl (C=O) groups is 1. The van der Waals surface area contributed by atoms with Crippen LogP contribution < -0.4 is 0 Å². The molecule has 0 amide bonds. The van der Waals surface area contributed by atoms with Crippen molar-refractivity contribution in [3.05, 3.63) is 34.9 Å². The van der Waals surface area contributed by atoms with Gasteiger partial charge in [0.25, 0.3) is 0 Å². The van der Waals surface area contributed by atoms with Gasteiger partial charge in [-0.1, -0.05) is 25.0 Å². The van der Waals surface area contributed by atoms with Gasteiger partial charge in [-0.3, -0.25) is 4.79 Å². The largest absolute Gasteiger partial charge is 0.373 e. The van der Waals surface area contributed by atoms with Crippen LogP contribution in [0.25, 0.3) is 0 Å². The normalized spacial score (nSPS) is 18.7. The van der Waals surface area contributed by atoms with Crippen LogP contribution in [0.1, 0.15) is 53.6 Å². The minimum atomic E-state index is 0.132. The molecule has 2 aliphatic carbocycles. The van der Waals surface area contributed by atoms with E-state index in [4.69, 9.17) is 4.74 Å². The number of rotatable bonds is 5. The van der Waals surface area contributed by atoms with E-state index >= 15 is 0 Å². The topological polar surface area (TPSA) is 26.3 Å². The Morgan fingerprint density at radius 2 is 1.89 bits per heavy atom. The van der Waals surface area contributed by atoms with Gasteiger partial charge in [0.1, 0.15) is 6.61 Å². The first-order chi connectivity index (χ1) is 9.33. The Kier molecular flexibility index (Phi) is 3.97. The van der Waals surface area contributed by atoms with E-state index in [1.807, 2.05) is 6.07 Å².